The lowest BCUT2D eigenvalue weighted by Crippen LogP contribution is -2.61. The summed E-state index contributed by atoms with van der Waals surface area (Å²) >= 11 is 0. The number of carbonyl (C=O) groups excluding carboxylic acids is 2. The number of hydrogen-bond acceptors (Lipinski definition) is 15. The fourth-order valence-corrected chi connectivity index (χ4v) is 9.70. The van der Waals surface area contributed by atoms with Gasteiger partial charge in [0.05, 0.1) is 48.0 Å². The van der Waals surface area contributed by atoms with E-state index >= 15 is 0 Å². The molecule has 3 aliphatic rings. The molecule has 0 unspecified atom stereocenters. The topological polar surface area (TPSA) is 186 Å². The smallest absolute Gasteiger partial charge is 0.311 e. The van der Waals surface area contributed by atoms with Crippen molar-refractivity contribution < 1.29 is 63.2 Å². The molecule has 0 aromatic rings. The van der Waals surface area contributed by atoms with Gasteiger partial charge in [-0.3, -0.25) is 14.5 Å². The average molecular weight is 845 g/mol. The van der Waals surface area contributed by atoms with Crippen LogP contribution >= 0.6 is 0 Å². The van der Waals surface area contributed by atoms with Crippen LogP contribution in [0.4, 0.5) is 0 Å². The second-order valence-electron chi connectivity index (χ2n) is 18.7. The van der Waals surface area contributed by atoms with Crippen LogP contribution in [0.2, 0.25) is 0 Å². The fourth-order valence-electron chi connectivity index (χ4n) is 9.70. The predicted octanol–water partition coefficient (Wildman–Crippen LogP) is 3.81. The van der Waals surface area contributed by atoms with Crippen molar-refractivity contribution in [2.45, 2.75) is 205 Å². The number of esters is 2. The summed E-state index contributed by atoms with van der Waals surface area (Å²) in [5.74, 6) is -3.31. The quantitative estimate of drug-likeness (QED) is 0.164. The Morgan fingerprint density at radius 3 is 2.20 bits per heavy atom. The van der Waals surface area contributed by atoms with Crippen molar-refractivity contribution in [1.29, 1.82) is 0 Å². The number of cyclic esters (lactones) is 1. The zero-order chi connectivity index (χ0) is 44.8. The van der Waals surface area contributed by atoms with Gasteiger partial charge in [-0.05, 0) is 101 Å². The van der Waals surface area contributed by atoms with E-state index in [2.05, 4.69) is 11.5 Å². The summed E-state index contributed by atoms with van der Waals surface area (Å²) in [7, 11) is 5.27. The van der Waals surface area contributed by atoms with Crippen LogP contribution in [0.15, 0.2) is 12.7 Å². The highest BCUT2D eigenvalue weighted by atomic mass is 16.7. The number of likely N-dealkylation sites (N-methyl/N-ethyl adjacent to an activating group) is 1. The zero-order valence-corrected chi connectivity index (χ0v) is 38.5. The maximum Gasteiger partial charge on any atom is 0.311 e. The Kier molecular flexibility index (Phi) is 18.8. The van der Waals surface area contributed by atoms with Crippen molar-refractivity contribution in [3.8, 4) is 0 Å². The fraction of sp³-hybridized carbons (Fsp3) is 0.909. The van der Waals surface area contributed by atoms with Crippen LogP contribution in [0.25, 0.3) is 0 Å². The van der Waals surface area contributed by atoms with Gasteiger partial charge in [0.1, 0.15) is 30.0 Å². The first-order valence-corrected chi connectivity index (χ1v) is 21.8. The minimum atomic E-state index is -1.85. The monoisotopic (exact) mass is 845 g/mol. The van der Waals surface area contributed by atoms with Crippen molar-refractivity contribution in [3.05, 3.63) is 12.7 Å². The van der Waals surface area contributed by atoms with Gasteiger partial charge in [0, 0.05) is 38.1 Å². The Bertz CT molecular complexity index is 1350. The SMILES string of the molecule is C=CCC(=O)O[C@@H]1[C@@H](C)N(CCC)C[C@H](C)C[C@](C)(O)[C@H](O[C@@H]2O[C@H](C)C[C@H](N(C)C)[C@H]2O)[C@@H](C)[C@H](O[C@H]2C[C@@](C)(OC)[C@@H](O)[C@H](C)O2)[C@@H](C)C(=O)O[C@H](CC)[C@@]1(C)O. The molecule has 0 aliphatic carbocycles. The van der Waals surface area contributed by atoms with Crippen molar-refractivity contribution in [1.82, 2.24) is 9.80 Å². The molecule has 3 fully saturated rings. The van der Waals surface area contributed by atoms with Crippen molar-refractivity contribution in [2.75, 3.05) is 34.3 Å². The summed E-state index contributed by atoms with van der Waals surface area (Å²) in [5, 5.41) is 47.9. The van der Waals surface area contributed by atoms with E-state index in [1.54, 1.807) is 34.6 Å². The lowest BCUT2D eigenvalue weighted by atomic mass is 9.77. The summed E-state index contributed by atoms with van der Waals surface area (Å²) in [4.78, 5) is 31.8. The molecule has 15 nitrogen and oxygen atoms in total. The lowest BCUT2D eigenvalue weighted by molar-refractivity contribution is -0.318. The molecule has 15 heteroatoms. The zero-order valence-electron chi connectivity index (χ0n) is 38.5. The van der Waals surface area contributed by atoms with Crippen LogP contribution in [0.3, 0.4) is 0 Å². The highest BCUT2D eigenvalue weighted by molar-refractivity contribution is 5.73. The van der Waals surface area contributed by atoms with E-state index in [0.717, 1.165) is 6.42 Å². The van der Waals surface area contributed by atoms with Gasteiger partial charge in [-0.15, -0.1) is 6.58 Å². The van der Waals surface area contributed by atoms with Crippen LogP contribution in [0, 0.1) is 17.8 Å². The second-order valence-corrected chi connectivity index (χ2v) is 18.7. The highest BCUT2D eigenvalue weighted by Crippen LogP contribution is 2.40. The summed E-state index contributed by atoms with van der Waals surface area (Å²) in [5.41, 5.74) is -4.50. The minimum Gasteiger partial charge on any atom is -0.459 e. The summed E-state index contributed by atoms with van der Waals surface area (Å²) in [6, 6.07) is -0.840. The number of rotatable bonds is 12. The van der Waals surface area contributed by atoms with E-state index in [-0.39, 0.29) is 43.7 Å². The van der Waals surface area contributed by atoms with E-state index in [4.69, 9.17) is 33.2 Å². The number of aliphatic hydroxyl groups is 4. The standard InChI is InChI=1S/C44H80N2O13/c1-16-19-33(47)57-39-29(8)46(20-17-2)24-25(4)22-42(10,51)38(59-41-35(48)31(45(13)14)21-26(5)54-41)27(6)36(28(7)40(50)56-32(18-3)44(39,12)52)58-34-23-43(11,53-15)37(49)30(9)55-34/h16,25-32,34-39,41,48-49,51-52H,1,17-24H2,2-15H3/t25-,26-,27+,28-,29-,30+,31+,32-,34+,35-,36+,37+,38-,39-,41+,42+,43-,44-/m1/s1. The van der Waals surface area contributed by atoms with E-state index in [1.807, 2.05) is 53.6 Å². The van der Waals surface area contributed by atoms with E-state index in [0.29, 0.717) is 19.5 Å². The van der Waals surface area contributed by atoms with Gasteiger partial charge in [0.25, 0.3) is 0 Å². The predicted molar refractivity (Wildman–Crippen MR) is 222 cm³/mol. The number of ether oxygens (including phenoxy) is 7. The van der Waals surface area contributed by atoms with E-state index in [9.17, 15) is 30.0 Å². The Morgan fingerprint density at radius 1 is 1.00 bits per heavy atom. The molecule has 344 valence electrons. The van der Waals surface area contributed by atoms with Gasteiger partial charge in [-0.2, -0.15) is 0 Å². The largest absolute Gasteiger partial charge is 0.459 e. The number of aliphatic hydroxyl groups excluding tert-OH is 2. The third-order valence-electron chi connectivity index (χ3n) is 13.1. The molecule has 4 N–H and O–H groups in total. The maximum absolute atomic E-state index is 14.6. The van der Waals surface area contributed by atoms with Gasteiger partial charge < -0.3 is 58.5 Å². The molecule has 0 radical (unpaired) electrons. The number of nitrogens with zero attached hydrogens (tertiary/aromatic N) is 2. The Morgan fingerprint density at radius 2 is 1.64 bits per heavy atom. The summed E-state index contributed by atoms with van der Waals surface area (Å²) in [6.07, 6.45) is -6.32. The average Bonchev–Trinajstić information content (AvgIpc) is 3.15. The maximum atomic E-state index is 14.6. The molecule has 0 spiro atoms. The van der Waals surface area contributed by atoms with Gasteiger partial charge in [-0.25, -0.2) is 0 Å². The molecule has 3 aliphatic heterocycles. The molecule has 18 atom stereocenters. The van der Waals surface area contributed by atoms with Crippen LogP contribution in [-0.2, 0) is 42.7 Å². The molecule has 3 rings (SSSR count). The third-order valence-corrected chi connectivity index (χ3v) is 13.1. The third kappa shape index (κ3) is 12.5. The first kappa shape index (κ1) is 51.6. The molecule has 0 amide bonds. The van der Waals surface area contributed by atoms with Gasteiger partial charge >= 0.3 is 11.9 Å². The van der Waals surface area contributed by atoms with Crippen LogP contribution in [0.5, 0.6) is 0 Å². The lowest BCUT2D eigenvalue weighted by Gasteiger charge is -2.48. The molecule has 0 aromatic heterocycles. The van der Waals surface area contributed by atoms with Gasteiger partial charge in [0.2, 0.25) is 0 Å². The van der Waals surface area contributed by atoms with Crippen molar-refractivity contribution >= 4 is 11.9 Å². The second kappa shape index (κ2) is 21.5. The van der Waals surface area contributed by atoms with E-state index in [1.165, 1.54) is 20.1 Å². The first-order valence-electron chi connectivity index (χ1n) is 21.8. The molecule has 0 saturated carbocycles. The van der Waals surface area contributed by atoms with Gasteiger partial charge in [0.15, 0.2) is 12.6 Å². The molecule has 0 aromatic carbocycles. The Hall–Kier alpha value is -1.76. The number of methoxy groups -OCH3 is 1. The number of carbonyl (C=O) groups is 2. The first-order chi connectivity index (χ1) is 27.4. The molecule has 59 heavy (non-hydrogen) atoms. The minimum absolute atomic E-state index is 0.0767. The van der Waals surface area contributed by atoms with E-state index < -0.39 is 102 Å². The molecule has 3 saturated heterocycles. The van der Waals surface area contributed by atoms with Crippen LogP contribution in [0.1, 0.15) is 115 Å². The van der Waals surface area contributed by atoms with Crippen LogP contribution < -0.4 is 0 Å². The Labute approximate surface area is 354 Å². The number of hydrogen-bond donors (Lipinski definition) is 4. The molecular formula is C44H80N2O13. The normalized spacial score (nSPS) is 44.9. The molecular weight excluding hydrogens is 764 g/mol. The van der Waals surface area contributed by atoms with Crippen molar-refractivity contribution in [2.24, 2.45) is 17.8 Å². The van der Waals surface area contributed by atoms with Crippen LogP contribution in [-0.4, -0.2) is 167 Å². The Balaban J connectivity index is 2.26. The summed E-state index contributed by atoms with van der Waals surface area (Å²) in [6.45, 7) is 24.5. The molecule has 3 heterocycles. The highest BCUT2D eigenvalue weighted by Gasteiger charge is 2.53. The van der Waals surface area contributed by atoms with Gasteiger partial charge in [-0.1, -0.05) is 33.8 Å². The van der Waals surface area contributed by atoms with Crippen molar-refractivity contribution in [3.63, 3.8) is 0 Å². The molecule has 0 bridgehead atoms. The summed E-state index contributed by atoms with van der Waals surface area (Å²) < 4.78 is 44.1.